The van der Waals surface area contributed by atoms with Crippen molar-refractivity contribution >= 4 is 37.4 Å². The molecule has 2 heterocycles. The number of ether oxygens (including phenoxy) is 2. The van der Waals surface area contributed by atoms with Crippen LogP contribution in [0.2, 0.25) is 0 Å². The number of nitrogens with two attached hydrogens (primary N) is 2. The van der Waals surface area contributed by atoms with Crippen LogP contribution in [-0.4, -0.2) is 78.5 Å². The Labute approximate surface area is 150 Å². The number of hydrogen-bond acceptors (Lipinski definition) is 10. The average Bonchev–Trinajstić information content (AvgIpc) is 2.48. The van der Waals surface area contributed by atoms with Gasteiger partial charge >= 0.3 is 19.8 Å². The van der Waals surface area contributed by atoms with Crippen LogP contribution >= 0.6 is 19.6 Å². The Hall–Kier alpha value is -1.25. The number of phosphoric ester groups is 1. The molecule has 13 nitrogen and oxygen atoms in total. The number of carboxylic acid groups (broad SMARTS) is 1. The van der Waals surface area contributed by atoms with Gasteiger partial charge in [-0.05, 0) is 0 Å². The van der Waals surface area contributed by atoms with E-state index >= 15 is 0 Å². The summed E-state index contributed by atoms with van der Waals surface area (Å²) in [5, 5.41) is 20.1. The van der Waals surface area contributed by atoms with Crippen LogP contribution in [0.1, 0.15) is 6.92 Å². The second-order valence-corrected chi connectivity index (χ2v) is 8.14. The molecule has 2 bridgehead atoms. The minimum atomic E-state index is -5.24. The maximum atomic E-state index is 11.8. The van der Waals surface area contributed by atoms with Crippen molar-refractivity contribution in [3.63, 3.8) is 0 Å². The van der Waals surface area contributed by atoms with Gasteiger partial charge in [0.1, 0.15) is 18.3 Å². The van der Waals surface area contributed by atoms with Crippen molar-refractivity contribution in [2.24, 2.45) is 11.5 Å². The van der Waals surface area contributed by atoms with Crippen molar-refractivity contribution in [3.05, 3.63) is 0 Å². The highest BCUT2D eigenvalue weighted by molar-refractivity contribution is 8.01. The lowest BCUT2D eigenvalue weighted by Crippen LogP contribution is -2.79. The van der Waals surface area contributed by atoms with Gasteiger partial charge in [-0.15, -0.1) is 11.8 Å². The fourth-order valence-corrected chi connectivity index (χ4v) is 4.73. The van der Waals surface area contributed by atoms with Crippen LogP contribution in [-0.2, 0) is 32.9 Å². The minimum Gasteiger partial charge on any atom is -0.479 e. The fraction of sp³-hybridized carbons (Fsp3) is 0.727. The van der Waals surface area contributed by atoms with E-state index in [-0.39, 0.29) is 0 Å². The van der Waals surface area contributed by atoms with Gasteiger partial charge < -0.3 is 40.9 Å². The lowest BCUT2D eigenvalue weighted by Gasteiger charge is -2.55. The molecule has 0 saturated carbocycles. The minimum absolute atomic E-state index is 0.351. The van der Waals surface area contributed by atoms with Gasteiger partial charge in [0, 0.05) is 12.7 Å². The van der Waals surface area contributed by atoms with Gasteiger partial charge in [0.15, 0.2) is 0 Å². The first-order valence-corrected chi connectivity index (χ1v) is 9.50. The van der Waals surface area contributed by atoms with Crippen LogP contribution in [0.4, 0.5) is 0 Å². The number of aliphatic hydroxyl groups is 1. The molecule has 148 valence electrons. The number of phosphoric acid groups is 1. The first kappa shape index (κ1) is 21.1. The van der Waals surface area contributed by atoms with E-state index in [0.29, 0.717) is 11.8 Å². The van der Waals surface area contributed by atoms with Crippen LogP contribution in [0.5, 0.6) is 0 Å². The van der Waals surface area contributed by atoms with Crippen molar-refractivity contribution in [1.29, 1.82) is 0 Å². The first-order valence-electron chi connectivity index (χ1n) is 6.99. The number of thioether (sulfide) groups is 1. The molecule has 1 amide bonds. The lowest BCUT2D eigenvalue weighted by atomic mass is 9.82. The number of rotatable bonds is 5. The third-order valence-corrected chi connectivity index (χ3v) is 5.93. The van der Waals surface area contributed by atoms with Crippen LogP contribution in [0.3, 0.4) is 0 Å². The molecule has 2 fully saturated rings. The van der Waals surface area contributed by atoms with Crippen LogP contribution in [0.25, 0.3) is 0 Å². The number of carbonyl (C=O) groups is 3. The summed E-state index contributed by atoms with van der Waals surface area (Å²) in [6.07, 6.45) is -5.46. The van der Waals surface area contributed by atoms with E-state index in [2.05, 4.69) is 4.52 Å². The average molecular weight is 416 g/mol. The molecule has 2 saturated heterocycles. The van der Waals surface area contributed by atoms with Crippen molar-refractivity contribution in [1.82, 2.24) is 0 Å². The number of esters is 1. The van der Waals surface area contributed by atoms with Crippen molar-refractivity contribution in [2.75, 3.05) is 5.75 Å². The Kier molecular flexibility index (Phi) is 5.45. The zero-order chi connectivity index (χ0) is 20.1. The summed E-state index contributed by atoms with van der Waals surface area (Å²) in [4.78, 5) is 50.5. The molecule has 0 unspecified atom stereocenters. The molecule has 2 aliphatic heterocycles. The number of fused-ring (bicyclic) bond motifs is 2. The van der Waals surface area contributed by atoms with Gasteiger partial charge in [-0.1, -0.05) is 0 Å². The SMILES string of the molecule is CC(=O)O[C@@H]1[C@@H](N)[C@@H](OP(=O)(O)O)[C@]2(C(=O)O)CS[C@@](O)(C(N)=O)[C@H]1O2. The maximum Gasteiger partial charge on any atom is 0.470 e. The molecule has 0 radical (unpaired) electrons. The fourth-order valence-electron chi connectivity index (χ4n) is 2.84. The largest absolute Gasteiger partial charge is 0.479 e. The standard InChI is InChI=1S/C11H17N2O11PS/c1-3(14)22-5-4(12)6(24-25(19,20)21)10(9(16)17)2-26-11(18,8(13)15)7(5)23-10/h4-7,18H,2,12H2,1H3,(H2,13,15)(H,16,17)(H2,19,20,21)/t4-,5-,6-,7+,10+,11-/m1/s1. The van der Waals surface area contributed by atoms with Crippen molar-refractivity contribution in [2.45, 2.75) is 41.8 Å². The molecule has 0 aliphatic carbocycles. The normalized spacial score (nSPS) is 39.9. The molecule has 15 heteroatoms. The highest BCUT2D eigenvalue weighted by Crippen LogP contribution is 2.51. The predicted molar refractivity (Wildman–Crippen MR) is 82.3 cm³/mol. The third-order valence-electron chi connectivity index (χ3n) is 3.98. The third kappa shape index (κ3) is 3.46. The van der Waals surface area contributed by atoms with Crippen LogP contribution in [0, 0.1) is 0 Å². The monoisotopic (exact) mass is 416 g/mol. The molecule has 2 aliphatic rings. The Morgan fingerprint density at radius 3 is 2.35 bits per heavy atom. The van der Waals surface area contributed by atoms with Gasteiger partial charge in [-0.25, -0.2) is 9.36 Å². The van der Waals surface area contributed by atoms with E-state index in [1.165, 1.54) is 0 Å². The number of carbonyl (C=O) groups excluding carboxylic acids is 2. The Balaban J connectivity index is 2.58. The van der Waals surface area contributed by atoms with Gasteiger partial charge in [-0.2, -0.15) is 0 Å². The van der Waals surface area contributed by atoms with E-state index in [1.807, 2.05) is 0 Å². The van der Waals surface area contributed by atoms with Crippen LogP contribution < -0.4 is 11.5 Å². The summed E-state index contributed by atoms with van der Waals surface area (Å²) in [6.45, 7) is 0.962. The summed E-state index contributed by atoms with van der Waals surface area (Å²) in [5.41, 5.74) is 8.57. The Morgan fingerprint density at radius 1 is 1.35 bits per heavy atom. The molecule has 6 atom stereocenters. The molecule has 8 N–H and O–H groups in total. The first-order chi connectivity index (χ1) is 11.7. The molecule has 0 aromatic carbocycles. The highest BCUT2D eigenvalue weighted by Gasteiger charge is 2.70. The Bertz CT molecular complexity index is 685. The highest BCUT2D eigenvalue weighted by atomic mass is 32.2. The summed E-state index contributed by atoms with van der Waals surface area (Å²) < 4.78 is 26.0. The Morgan fingerprint density at radius 2 is 1.92 bits per heavy atom. The van der Waals surface area contributed by atoms with E-state index < -0.39 is 66.3 Å². The maximum absolute atomic E-state index is 11.8. The number of hydrogen-bond donors (Lipinski definition) is 6. The van der Waals surface area contributed by atoms with Gasteiger partial charge in [0.05, 0.1) is 6.04 Å². The van der Waals surface area contributed by atoms with Gasteiger partial charge in [-0.3, -0.25) is 14.1 Å². The van der Waals surface area contributed by atoms with Gasteiger partial charge in [0.25, 0.3) is 5.91 Å². The quantitative estimate of drug-likeness (QED) is 0.192. The second kappa shape index (κ2) is 6.73. The zero-order valence-corrected chi connectivity index (χ0v) is 14.9. The van der Waals surface area contributed by atoms with Crippen LogP contribution in [0.15, 0.2) is 0 Å². The van der Waals surface area contributed by atoms with E-state index in [0.717, 1.165) is 6.92 Å². The van der Waals surface area contributed by atoms with E-state index in [4.69, 9.17) is 30.7 Å². The summed E-state index contributed by atoms with van der Waals surface area (Å²) >= 11 is 0.351. The molecular formula is C11H17N2O11PS. The second-order valence-electron chi connectivity index (χ2n) is 5.75. The molecule has 0 spiro atoms. The topological polar surface area (TPSA) is 229 Å². The van der Waals surface area contributed by atoms with Crippen molar-refractivity contribution in [3.8, 4) is 0 Å². The van der Waals surface area contributed by atoms with Gasteiger partial charge in [0.2, 0.25) is 10.5 Å². The number of primary amides is 1. The zero-order valence-electron chi connectivity index (χ0n) is 13.2. The molecule has 0 aromatic heterocycles. The number of carboxylic acids is 1. The smallest absolute Gasteiger partial charge is 0.470 e. The molecule has 0 aromatic rings. The molecule has 2 rings (SSSR count). The number of amides is 1. The summed E-state index contributed by atoms with van der Waals surface area (Å²) in [6, 6.07) is -1.67. The summed E-state index contributed by atoms with van der Waals surface area (Å²) in [7, 11) is -5.24. The lowest BCUT2D eigenvalue weighted by molar-refractivity contribution is -0.258. The molecular weight excluding hydrogens is 399 g/mol. The van der Waals surface area contributed by atoms with E-state index in [9.17, 15) is 29.2 Å². The predicted octanol–water partition coefficient (Wildman–Crippen LogP) is -3.13. The summed E-state index contributed by atoms with van der Waals surface area (Å²) in [5.74, 6) is -4.63. The van der Waals surface area contributed by atoms with E-state index in [1.54, 1.807) is 0 Å². The number of aliphatic carboxylic acids is 1. The molecule has 26 heavy (non-hydrogen) atoms. The van der Waals surface area contributed by atoms with Crippen molar-refractivity contribution < 1.29 is 52.9 Å².